The summed E-state index contributed by atoms with van der Waals surface area (Å²) in [7, 11) is 0. The summed E-state index contributed by atoms with van der Waals surface area (Å²) in [6.07, 6.45) is 4.99. The second-order valence-electron chi connectivity index (χ2n) is 2.35. The maximum absolute atomic E-state index is 4.16. The van der Waals surface area contributed by atoms with Crippen LogP contribution in [0.4, 0.5) is 0 Å². The van der Waals surface area contributed by atoms with Crippen LogP contribution in [0.15, 0.2) is 24.7 Å². The molecule has 5 heteroatoms. The molecule has 0 radical (unpaired) electrons. The standard InChI is InChI=1S/C7H7N5/c1-6-2-3-8-7(10-6)12-5-4-9-11-12/h2-5H,1H3. The summed E-state index contributed by atoms with van der Waals surface area (Å²) < 4.78 is 1.52. The van der Waals surface area contributed by atoms with Crippen LogP contribution in [-0.4, -0.2) is 25.0 Å². The Bertz CT molecular complexity index is 367. The first-order chi connectivity index (χ1) is 5.86. The average Bonchev–Trinajstić information content (AvgIpc) is 2.56. The van der Waals surface area contributed by atoms with Gasteiger partial charge in [0.15, 0.2) is 0 Å². The molecule has 0 fully saturated rings. The molecule has 0 saturated heterocycles. The minimum atomic E-state index is 0.549. The lowest BCUT2D eigenvalue weighted by Crippen LogP contribution is -2.02. The lowest BCUT2D eigenvalue weighted by Gasteiger charge is -1.97. The lowest BCUT2D eigenvalue weighted by atomic mass is 10.5. The van der Waals surface area contributed by atoms with Gasteiger partial charge in [-0.1, -0.05) is 5.21 Å². The average molecular weight is 161 g/mol. The Kier molecular flexibility index (Phi) is 1.55. The topological polar surface area (TPSA) is 56.5 Å². The number of nitrogens with zero attached hydrogens (tertiary/aromatic N) is 5. The first-order valence-corrected chi connectivity index (χ1v) is 3.52. The molecular formula is C7H7N5. The predicted octanol–water partition coefficient (Wildman–Crippen LogP) is 0.366. The summed E-state index contributed by atoms with van der Waals surface area (Å²) >= 11 is 0. The van der Waals surface area contributed by atoms with Gasteiger partial charge in [0, 0.05) is 11.9 Å². The van der Waals surface area contributed by atoms with Crippen molar-refractivity contribution < 1.29 is 0 Å². The van der Waals surface area contributed by atoms with E-state index in [2.05, 4.69) is 20.3 Å². The molecule has 2 heterocycles. The maximum Gasteiger partial charge on any atom is 0.252 e. The molecule has 0 aliphatic carbocycles. The monoisotopic (exact) mass is 161 g/mol. The smallest absolute Gasteiger partial charge is 0.220 e. The number of hydrogen-bond acceptors (Lipinski definition) is 4. The Morgan fingerprint density at radius 2 is 2.25 bits per heavy atom. The molecule has 0 saturated carbocycles. The summed E-state index contributed by atoms with van der Waals surface area (Å²) in [5, 5.41) is 7.43. The van der Waals surface area contributed by atoms with Crippen molar-refractivity contribution in [3.05, 3.63) is 30.4 Å². The molecule has 2 aromatic heterocycles. The normalized spacial score (nSPS) is 10.1. The Labute approximate surface area is 69.1 Å². The van der Waals surface area contributed by atoms with Crippen LogP contribution in [0.25, 0.3) is 5.95 Å². The minimum Gasteiger partial charge on any atom is -0.220 e. The zero-order chi connectivity index (χ0) is 8.39. The van der Waals surface area contributed by atoms with Gasteiger partial charge in [-0.2, -0.15) is 4.68 Å². The number of rotatable bonds is 1. The summed E-state index contributed by atoms with van der Waals surface area (Å²) in [6.45, 7) is 1.90. The molecule has 0 aliphatic rings. The van der Waals surface area contributed by atoms with E-state index in [0.717, 1.165) is 5.69 Å². The summed E-state index contributed by atoms with van der Waals surface area (Å²) in [5.41, 5.74) is 0.913. The van der Waals surface area contributed by atoms with Crippen molar-refractivity contribution in [2.24, 2.45) is 0 Å². The van der Waals surface area contributed by atoms with Gasteiger partial charge in [-0.15, -0.1) is 5.10 Å². The summed E-state index contributed by atoms with van der Waals surface area (Å²) in [6, 6.07) is 1.83. The van der Waals surface area contributed by atoms with Crippen molar-refractivity contribution in [3.63, 3.8) is 0 Å². The highest BCUT2D eigenvalue weighted by Crippen LogP contribution is 1.97. The van der Waals surface area contributed by atoms with Gasteiger partial charge in [0.2, 0.25) is 0 Å². The molecule has 2 rings (SSSR count). The van der Waals surface area contributed by atoms with Crippen molar-refractivity contribution in [1.29, 1.82) is 0 Å². The van der Waals surface area contributed by atoms with Crippen LogP contribution in [-0.2, 0) is 0 Å². The molecule has 0 spiro atoms. The summed E-state index contributed by atoms with van der Waals surface area (Å²) in [4.78, 5) is 8.20. The molecular weight excluding hydrogens is 154 g/mol. The lowest BCUT2D eigenvalue weighted by molar-refractivity contribution is 0.750. The zero-order valence-electron chi connectivity index (χ0n) is 6.55. The van der Waals surface area contributed by atoms with Crippen molar-refractivity contribution in [1.82, 2.24) is 25.0 Å². The quantitative estimate of drug-likeness (QED) is 0.606. The van der Waals surface area contributed by atoms with E-state index in [9.17, 15) is 0 Å². The Morgan fingerprint density at radius 3 is 2.92 bits per heavy atom. The van der Waals surface area contributed by atoms with Gasteiger partial charge in [0.25, 0.3) is 5.95 Å². The van der Waals surface area contributed by atoms with Crippen LogP contribution >= 0.6 is 0 Å². The van der Waals surface area contributed by atoms with Crippen LogP contribution in [0.2, 0.25) is 0 Å². The predicted molar refractivity (Wildman–Crippen MR) is 41.7 cm³/mol. The second-order valence-corrected chi connectivity index (χ2v) is 2.35. The Hall–Kier alpha value is -1.78. The minimum absolute atomic E-state index is 0.549. The highest BCUT2D eigenvalue weighted by Gasteiger charge is 1.98. The third-order valence-corrected chi connectivity index (χ3v) is 1.41. The molecule has 0 bridgehead atoms. The van der Waals surface area contributed by atoms with Crippen LogP contribution in [0.5, 0.6) is 0 Å². The van der Waals surface area contributed by atoms with Crippen LogP contribution in [0.3, 0.4) is 0 Å². The molecule has 0 amide bonds. The maximum atomic E-state index is 4.16. The van der Waals surface area contributed by atoms with Gasteiger partial charge < -0.3 is 0 Å². The van der Waals surface area contributed by atoms with E-state index in [4.69, 9.17) is 0 Å². The van der Waals surface area contributed by atoms with Crippen molar-refractivity contribution in [2.45, 2.75) is 6.92 Å². The molecule has 0 atom stereocenters. The van der Waals surface area contributed by atoms with Crippen LogP contribution in [0.1, 0.15) is 5.69 Å². The van der Waals surface area contributed by atoms with E-state index in [1.54, 1.807) is 18.6 Å². The number of hydrogen-bond donors (Lipinski definition) is 0. The van der Waals surface area contributed by atoms with Gasteiger partial charge >= 0.3 is 0 Å². The first-order valence-electron chi connectivity index (χ1n) is 3.52. The van der Waals surface area contributed by atoms with Gasteiger partial charge in [0.1, 0.15) is 0 Å². The highest BCUT2D eigenvalue weighted by atomic mass is 15.4. The molecule has 12 heavy (non-hydrogen) atoms. The largest absolute Gasteiger partial charge is 0.252 e. The van der Waals surface area contributed by atoms with E-state index in [1.807, 2.05) is 13.0 Å². The third kappa shape index (κ3) is 1.16. The number of aromatic nitrogens is 5. The Morgan fingerprint density at radius 1 is 1.33 bits per heavy atom. The van der Waals surface area contributed by atoms with E-state index >= 15 is 0 Å². The fraction of sp³-hybridized carbons (Fsp3) is 0.143. The zero-order valence-corrected chi connectivity index (χ0v) is 6.55. The van der Waals surface area contributed by atoms with Gasteiger partial charge in [-0.3, -0.25) is 0 Å². The number of aryl methyl sites for hydroxylation is 1. The Balaban J connectivity index is 2.48. The summed E-state index contributed by atoms with van der Waals surface area (Å²) in [5.74, 6) is 0.549. The van der Waals surface area contributed by atoms with E-state index in [1.165, 1.54) is 4.68 Å². The van der Waals surface area contributed by atoms with Crippen molar-refractivity contribution >= 4 is 0 Å². The van der Waals surface area contributed by atoms with Crippen LogP contribution < -0.4 is 0 Å². The molecule has 60 valence electrons. The van der Waals surface area contributed by atoms with Crippen molar-refractivity contribution in [2.75, 3.05) is 0 Å². The molecule has 2 aromatic rings. The van der Waals surface area contributed by atoms with Gasteiger partial charge in [-0.05, 0) is 13.0 Å². The molecule has 0 aliphatic heterocycles. The van der Waals surface area contributed by atoms with Crippen LogP contribution in [0, 0.1) is 6.92 Å². The first kappa shape index (κ1) is 6.90. The van der Waals surface area contributed by atoms with Gasteiger partial charge in [0.05, 0.1) is 12.4 Å². The van der Waals surface area contributed by atoms with Gasteiger partial charge in [-0.25, -0.2) is 9.97 Å². The fourth-order valence-corrected chi connectivity index (χ4v) is 0.861. The van der Waals surface area contributed by atoms with E-state index in [0.29, 0.717) is 5.95 Å². The SMILES string of the molecule is Cc1ccnc(-n2ccnn2)n1. The van der Waals surface area contributed by atoms with E-state index < -0.39 is 0 Å². The molecule has 0 unspecified atom stereocenters. The second kappa shape index (κ2) is 2.69. The third-order valence-electron chi connectivity index (χ3n) is 1.41. The molecule has 0 N–H and O–H groups in total. The highest BCUT2D eigenvalue weighted by molar-refractivity contribution is 5.10. The van der Waals surface area contributed by atoms with Crippen molar-refractivity contribution in [3.8, 4) is 5.95 Å². The fourth-order valence-electron chi connectivity index (χ4n) is 0.861. The molecule has 0 aromatic carbocycles. The van der Waals surface area contributed by atoms with E-state index in [-0.39, 0.29) is 0 Å². The molecule has 5 nitrogen and oxygen atoms in total.